The Kier molecular flexibility index (Phi) is 20.5. The molecule has 7 atom stereocenters. The van der Waals surface area contributed by atoms with E-state index in [9.17, 15) is 48.6 Å². The molecule has 302 valence electrons. The van der Waals surface area contributed by atoms with E-state index < -0.39 is 103 Å². The topological polar surface area (TPSA) is 304 Å². The normalized spacial score (nSPS) is 17.5. The molecule has 53 heavy (non-hydrogen) atoms. The Bertz CT molecular complexity index is 1280. The van der Waals surface area contributed by atoms with Crippen LogP contribution in [0.15, 0.2) is 0 Å². The number of carboxylic acid groups (broad SMARTS) is 1. The largest absolute Gasteiger partial charge is 0.480 e. The van der Waals surface area contributed by atoms with Gasteiger partial charge in [0.2, 0.25) is 41.4 Å². The maximum absolute atomic E-state index is 13.5. The summed E-state index contributed by atoms with van der Waals surface area (Å²) in [6, 6.07) is -7.90. The molecule has 0 aromatic heterocycles. The number of amides is 7. The number of hydrogen-bond donors (Lipinski definition) is 10. The molecule has 12 N–H and O–H groups in total. The van der Waals surface area contributed by atoms with Crippen molar-refractivity contribution >= 4 is 47.3 Å². The molecule has 1 aliphatic heterocycles. The van der Waals surface area contributed by atoms with Crippen LogP contribution in [0.4, 0.5) is 0 Å². The van der Waals surface area contributed by atoms with E-state index in [2.05, 4.69) is 31.9 Å². The molecule has 0 spiro atoms. The lowest BCUT2D eigenvalue weighted by atomic mass is 10.0. The number of carbonyl (C=O) groups excluding carboxylic acids is 7. The van der Waals surface area contributed by atoms with Crippen LogP contribution < -0.4 is 43.4 Å². The average molecular weight is 756 g/mol. The van der Waals surface area contributed by atoms with E-state index >= 15 is 0 Å². The van der Waals surface area contributed by atoms with Gasteiger partial charge in [-0.1, -0.05) is 27.7 Å². The van der Waals surface area contributed by atoms with Gasteiger partial charge in [0.1, 0.15) is 36.3 Å². The molecule has 0 saturated carbocycles. The number of likely N-dealkylation sites (tertiary alicyclic amines) is 1. The van der Waals surface area contributed by atoms with E-state index in [1.54, 1.807) is 13.8 Å². The third kappa shape index (κ3) is 16.5. The van der Waals surface area contributed by atoms with Gasteiger partial charge >= 0.3 is 5.97 Å². The molecule has 19 nitrogen and oxygen atoms in total. The van der Waals surface area contributed by atoms with Gasteiger partial charge in [-0.25, -0.2) is 4.79 Å². The summed E-state index contributed by atoms with van der Waals surface area (Å²) in [6.45, 7) is 9.32. The summed E-state index contributed by atoms with van der Waals surface area (Å²) in [5.74, 6) is -6.17. The summed E-state index contributed by atoms with van der Waals surface area (Å²) < 4.78 is 0. The molecule has 0 unspecified atom stereocenters. The van der Waals surface area contributed by atoms with E-state index in [4.69, 9.17) is 11.5 Å². The first-order chi connectivity index (χ1) is 24.8. The second-order valence-electron chi connectivity index (χ2n) is 14.3. The fourth-order valence-corrected chi connectivity index (χ4v) is 5.64. The van der Waals surface area contributed by atoms with Gasteiger partial charge < -0.3 is 58.5 Å². The van der Waals surface area contributed by atoms with Crippen molar-refractivity contribution in [2.24, 2.45) is 23.3 Å². The quantitative estimate of drug-likeness (QED) is 0.0473. The first-order valence-electron chi connectivity index (χ1n) is 18.2. The zero-order chi connectivity index (χ0) is 40.4. The predicted octanol–water partition coefficient (Wildman–Crippen LogP) is -2.82. The van der Waals surface area contributed by atoms with Crippen molar-refractivity contribution in [2.75, 3.05) is 26.2 Å². The van der Waals surface area contributed by atoms with Crippen LogP contribution in [0.3, 0.4) is 0 Å². The SMILES string of the molecule is CC(C)C[C@H](NC(=O)[C@@H]1CCCN1C(=O)[C@H](CO)NC(=O)[C@H](CC(C)C)NC(=O)[C@H](C)NC(=O)[C@H](CCCCN)NC(=O)CNC(=O)[C@H](C)N)C(=O)O. The lowest BCUT2D eigenvalue weighted by Gasteiger charge is -2.30. The van der Waals surface area contributed by atoms with Crippen LogP contribution in [0.25, 0.3) is 0 Å². The van der Waals surface area contributed by atoms with Crippen LogP contribution in [0.1, 0.15) is 86.5 Å². The monoisotopic (exact) mass is 755 g/mol. The molecular formula is C34H61N9O10. The molecule has 1 saturated heterocycles. The minimum atomic E-state index is -1.47. The molecule has 7 amide bonds. The summed E-state index contributed by atoms with van der Waals surface area (Å²) in [5.41, 5.74) is 11.1. The Labute approximate surface area is 310 Å². The van der Waals surface area contributed by atoms with E-state index in [-0.39, 0.29) is 44.1 Å². The smallest absolute Gasteiger partial charge is 0.326 e. The number of aliphatic hydroxyl groups is 1. The predicted molar refractivity (Wildman–Crippen MR) is 193 cm³/mol. The highest BCUT2D eigenvalue weighted by Crippen LogP contribution is 2.20. The maximum Gasteiger partial charge on any atom is 0.326 e. The maximum atomic E-state index is 13.5. The standard InChI is InChI=1S/C34H61N9O10/c1-18(2)14-23(40-29(47)21(6)38-30(48)22(10-7-8-12-35)39-27(45)16-37-28(46)20(5)36)31(49)42-25(17-44)33(51)43-13-9-11-26(43)32(50)41-24(34(52)53)15-19(3)4/h18-26,44H,7-17,35-36H2,1-6H3,(H,37,46)(H,38,48)(H,39,45)(H,40,47)(H,41,50)(H,42,49)(H,52,53)/t20-,21-,22-,23-,24-,25-,26-/m0/s1. The van der Waals surface area contributed by atoms with Crippen LogP contribution in [-0.4, -0.2) is 131 Å². The molecule has 1 heterocycles. The van der Waals surface area contributed by atoms with Gasteiger partial charge in [0.15, 0.2) is 0 Å². The van der Waals surface area contributed by atoms with E-state index in [1.165, 1.54) is 18.7 Å². The fraction of sp³-hybridized carbons (Fsp3) is 0.765. The van der Waals surface area contributed by atoms with E-state index in [0.29, 0.717) is 25.8 Å². The van der Waals surface area contributed by atoms with Crippen LogP contribution in [0.5, 0.6) is 0 Å². The Morgan fingerprint density at radius 2 is 1.32 bits per heavy atom. The number of rotatable bonds is 23. The van der Waals surface area contributed by atoms with E-state index in [1.807, 2.05) is 13.8 Å². The van der Waals surface area contributed by atoms with Crippen molar-refractivity contribution in [3.63, 3.8) is 0 Å². The molecule has 1 aliphatic rings. The average Bonchev–Trinajstić information content (AvgIpc) is 3.58. The Morgan fingerprint density at radius 3 is 1.87 bits per heavy atom. The number of aliphatic hydroxyl groups excluding tert-OH is 1. The Morgan fingerprint density at radius 1 is 0.736 bits per heavy atom. The number of carboxylic acids is 1. The summed E-state index contributed by atoms with van der Waals surface area (Å²) in [6.07, 6.45) is 2.24. The first-order valence-corrected chi connectivity index (χ1v) is 18.2. The van der Waals surface area contributed by atoms with Crippen LogP contribution in [0.2, 0.25) is 0 Å². The number of nitrogens with zero attached hydrogens (tertiary/aromatic N) is 1. The van der Waals surface area contributed by atoms with Crippen molar-refractivity contribution in [3.05, 3.63) is 0 Å². The summed E-state index contributed by atoms with van der Waals surface area (Å²) in [5, 5.41) is 34.7. The van der Waals surface area contributed by atoms with Gasteiger partial charge in [-0.05, 0) is 77.2 Å². The lowest BCUT2D eigenvalue weighted by molar-refractivity contribution is -0.145. The second-order valence-corrected chi connectivity index (χ2v) is 14.3. The summed E-state index contributed by atoms with van der Waals surface area (Å²) in [7, 11) is 0. The van der Waals surface area contributed by atoms with Gasteiger partial charge in [0, 0.05) is 6.54 Å². The number of hydrogen-bond acceptors (Lipinski definition) is 11. The second kappa shape index (κ2) is 23.3. The number of aliphatic carboxylic acids is 1. The molecule has 0 radical (unpaired) electrons. The van der Waals surface area contributed by atoms with Crippen molar-refractivity contribution in [3.8, 4) is 0 Å². The summed E-state index contributed by atoms with van der Waals surface area (Å²) >= 11 is 0. The minimum Gasteiger partial charge on any atom is -0.480 e. The summed E-state index contributed by atoms with van der Waals surface area (Å²) in [4.78, 5) is 104. The third-order valence-electron chi connectivity index (χ3n) is 8.48. The van der Waals surface area contributed by atoms with Gasteiger partial charge in [-0.15, -0.1) is 0 Å². The number of nitrogens with two attached hydrogens (primary N) is 2. The highest BCUT2D eigenvalue weighted by atomic mass is 16.4. The molecule has 19 heteroatoms. The molecule has 1 rings (SSSR count). The number of nitrogens with one attached hydrogen (secondary N) is 6. The molecular weight excluding hydrogens is 694 g/mol. The van der Waals surface area contributed by atoms with Crippen molar-refractivity contribution in [1.29, 1.82) is 0 Å². The van der Waals surface area contributed by atoms with Crippen LogP contribution in [-0.2, 0) is 38.4 Å². The third-order valence-corrected chi connectivity index (χ3v) is 8.48. The Balaban J connectivity index is 3.00. The number of carbonyl (C=O) groups is 8. The van der Waals surface area contributed by atoms with Crippen molar-refractivity contribution in [1.82, 2.24) is 36.8 Å². The van der Waals surface area contributed by atoms with Gasteiger partial charge in [-0.2, -0.15) is 0 Å². The molecule has 1 fully saturated rings. The highest BCUT2D eigenvalue weighted by Gasteiger charge is 2.39. The number of unbranched alkanes of at least 4 members (excludes halogenated alkanes) is 1. The van der Waals surface area contributed by atoms with Crippen LogP contribution >= 0.6 is 0 Å². The first kappa shape index (κ1) is 46.7. The highest BCUT2D eigenvalue weighted by molar-refractivity contribution is 5.97. The Hall–Kier alpha value is -4.36. The van der Waals surface area contributed by atoms with E-state index in [0.717, 1.165) is 0 Å². The van der Waals surface area contributed by atoms with Gasteiger partial charge in [0.05, 0.1) is 19.2 Å². The van der Waals surface area contributed by atoms with Gasteiger partial charge in [-0.3, -0.25) is 33.6 Å². The zero-order valence-corrected chi connectivity index (χ0v) is 31.7. The van der Waals surface area contributed by atoms with Crippen molar-refractivity contribution in [2.45, 2.75) is 129 Å². The molecule has 0 bridgehead atoms. The van der Waals surface area contributed by atoms with Crippen molar-refractivity contribution < 1.29 is 48.6 Å². The van der Waals surface area contributed by atoms with Gasteiger partial charge in [0.25, 0.3) is 0 Å². The minimum absolute atomic E-state index is 0.0195. The zero-order valence-electron chi connectivity index (χ0n) is 31.7. The molecule has 0 aromatic rings. The fourth-order valence-electron chi connectivity index (χ4n) is 5.64. The molecule has 0 aliphatic carbocycles. The lowest BCUT2D eigenvalue weighted by Crippen LogP contribution is -2.60. The van der Waals surface area contributed by atoms with Crippen LogP contribution in [0, 0.1) is 11.8 Å². The molecule has 0 aromatic carbocycles.